The second-order valence-electron chi connectivity index (χ2n) is 7.21. The maximum atomic E-state index is 11.5. The predicted octanol–water partition coefficient (Wildman–Crippen LogP) is 2.67. The van der Waals surface area contributed by atoms with Gasteiger partial charge in [-0.1, -0.05) is 29.8 Å². The van der Waals surface area contributed by atoms with Gasteiger partial charge in [0, 0.05) is 50.6 Å². The minimum atomic E-state index is 0.168. The summed E-state index contributed by atoms with van der Waals surface area (Å²) in [4.78, 5) is 15.8. The summed E-state index contributed by atoms with van der Waals surface area (Å²) in [7, 11) is 0. The first kappa shape index (κ1) is 17.5. The van der Waals surface area contributed by atoms with Gasteiger partial charge in [0.1, 0.15) is 11.6 Å². The van der Waals surface area contributed by atoms with E-state index < -0.39 is 0 Å². The number of hydrogen-bond acceptors (Lipinski definition) is 4. The topological polar surface area (TPSA) is 54.3 Å². The number of rotatable bonds is 3. The molecule has 1 amide bonds. The van der Waals surface area contributed by atoms with E-state index in [1.807, 2.05) is 23.1 Å². The maximum Gasteiger partial charge on any atom is 0.219 e. The number of nitrogens with zero attached hydrogens (tertiary/aromatic N) is 5. The molecule has 26 heavy (non-hydrogen) atoms. The lowest BCUT2D eigenvalue weighted by Crippen LogP contribution is -2.38. The van der Waals surface area contributed by atoms with Crippen molar-refractivity contribution in [3.63, 3.8) is 0 Å². The van der Waals surface area contributed by atoms with Gasteiger partial charge in [-0.25, -0.2) is 0 Å². The average molecular weight is 374 g/mol. The third kappa shape index (κ3) is 3.48. The monoisotopic (exact) mass is 373 g/mol. The highest BCUT2D eigenvalue weighted by Crippen LogP contribution is 2.29. The van der Waals surface area contributed by atoms with Gasteiger partial charge in [-0.2, -0.15) is 0 Å². The van der Waals surface area contributed by atoms with E-state index in [9.17, 15) is 4.79 Å². The van der Waals surface area contributed by atoms with Crippen LogP contribution in [-0.4, -0.2) is 50.1 Å². The van der Waals surface area contributed by atoms with Gasteiger partial charge < -0.3 is 9.47 Å². The molecule has 2 aromatic rings. The highest BCUT2D eigenvalue weighted by atomic mass is 35.5. The van der Waals surface area contributed by atoms with Crippen LogP contribution in [-0.2, 0) is 24.4 Å². The van der Waals surface area contributed by atoms with Crippen molar-refractivity contribution in [2.24, 2.45) is 0 Å². The molecule has 0 N–H and O–H groups in total. The molecule has 4 rings (SSSR count). The van der Waals surface area contributed by atoms with Crippen LogP contribution >= 0.6 is 11.6 Å². The lowest BCUT2D eigenvalue weighted by molar-refractivity contribution is -0.129. The Morgan fingerprint density at radius 1 is 1.15 bits per heavy atom. The van der Waals surface area contributed by atoms with Gasteiger partial charge in [-0.15, -0.1) is 10.2 Å². The summed E-state index contributed by atoms with van der Waals surface area (Å²) < 4.78 is 2.29. The van der Waals surface area contributed by atoms with Gasteiger partial charge in [0.05, 0.1) is 6.54 Å². The summed E-state index contributed by atoms with van der Waals surface area (Å²) in [5, 5.41) is 9.78. The van der Waals surface area contributed by atoms with E-state index in [2.05, 4.69) is 25.7 Å². The maximum absolute atomic E-state index is 11.5. The Kier molecular flexibility index (Phi) is 4.96. The van der Waals surface area contributed by atoms with Crippen LogP contribution in [0.2, 0.25) is 5.02 Å². The molecule has 0 spiro atoms. The highest BCUT2D eigenvalue weighted by molar-refractivity contribution is 6.31. The van der Waals surface area contributed by atoms with Crippen molar-refractivity contribution < 1.29 is 4.79 Å². The van der Waals surface area contributed by atoms with Gasteiger partial charge in [0.25, 0.3) is 0 Å². The second-order valence-corrected chi connectivity index (χ2v) is 7.62. The molecule has 1 fully saturated rings. The van der Waals surface area contributed by atoms with Crippen LogP contribution in [0.5, 0.6) is 0 Å². The zero-order chi connectivity index (χ0) is 18.1. The molecule has 0 saturated carbocycles. The number of aromatic nitrogens is 3. The Hall–Kier alpha value is -1.92. The highest BCUT2D eigenvalue weighted by Gasteiger charge is 2.29. The van der Waals surface area contributed by atoms with Gasteiger partial charge in [-0.3, -0.25) is 9.69 Å². The number of carbonyl (C=O) groups excluding carboxylic acids is 1. The number of amides is 1. The lowest BCUT2D eigenvalue weighted by atomic mass is 9.95. The van der Waals surface area contributed by atoms with E-state index in [1.165, 1.54) is 0 Å². The largest absolute Gasteiger partial charge is 0.343 e. The van der Waals surface area contributed by atoms with E-state index in [0.717, 1.165) is 74.3 Å². The predicted molar refractivity (Wildman–Crippen MR) is 99.8 cm³/mol. The molecule has 0 bridgehead atoms. The van der Waals surface area contributed by atoms with Crippen molar-refractivity contribution in [3.8, 4) is 0 Å². The van der Waals surface area contributed by atoms with E-state index in [4.69, 9.17) is 11.6 Å². The zero-order valence-corrected chi connectivity index (χ0v) is 15.8. The summed E-state index contributed by atoms with van der Waals surface area (Å²) >= 11 is 6.30. The number of halogens is 1. The van der Waals surface area contributed by atoms with Crippen molar-refractivity contribution in [2.75, 3.05) is 19.6 Å². The lowest BCUT2D eigenvalue weighted by Gasteiger charge is -2.32. The Balaban J connectivity index is 1.43. The number of carbonyl (C=O) groups is 1. The molecule has 7 heteroatoms. The molecule has 1 aromatic heterocycles. The quantitative estimate of drug-likeness (QED) is 0.830. The summed E-state index contributed by atoms with van der Waals surface area (Å²) in [6.07, 6.45) is 1.95. The van der Waals surface area contributed by atoms with Crippen LogP contribution in [0.4, 0.5) is 0 Å². The molecule has 6 nitrogen and oxygen atoms in total. The molecule has 3 heterocycles. The van der Waals surface area contributed by atoms with Crippen molar-refractivity contribution in [2.45, 2.75) is 45.3 Å². The zero-order valence-electron chi connectivity index (χ0n) is 15.1. The molecular formula is C19H24ClN5O. The minimum absolute atomic E-state index is 0.168. The summed E-state index contributed by atoms with van der Waals surface area (Å²) in [5.74, 6) is 2.71. The summed E-state index contributed by atoms with van der Waals surface area (Å²) in [6, 6.07) is 8.01. The SMILES string of the molecule is CC(=O)N1CCC(c2nnc3n2CCN(Cc2ccccc2Cl)C3)CC1. The van der Waals surface area contributed by atoms with Crippen LogP contribution in [0.25, 0.3) is 0 Å². The Bertz CT molecular complexity index is 797. The summed E-state index contributed by atoms with van der Waals surface area (Å²) in [5.41, 5.74) is 1.15. The van der Waals surface area contributed by atoms with Gasteiger partial charge in [0.15, 0.2) is 0 Å². The fourth-order valence-corrected chi connectivity index (χ4v) is 4.18. The van der Waals surface area contributed by atoms with Crippen LogP contribution in [0.15, 0.2) is 24.3 Å². The Morgan fingerprint density at radius 3 is 2.65 bits per heavy atom. The fourth-order valence-electron chi connectivity index (χ4n) is 3.99. The Morgan fingerprint density at radius 2 is 1.92 bits per heavy atom. The van der Waals surface area contributed by atoms with Crippen molar-refractivity contribution in [1.82, 2.24) is 24.6 Å². The minimum Gasteiger partial charge on any atom is -0.343 e. The molecule has 138 valence electrons. The van der Waals surface area contributed by atoms with E-state index in [1.54, 1.807) is 6.92 Å². The van der Waals surface area contributed by atoms with Gasteiger partial charge in [0.2, 0.25) is 5.91 Å². The molecule has 2 aliphatic rings. The van der Waals surface area contributed by atoms with Crippen LogP contribution in [0, 0.1) is 0 Å². The summed E-state index contributed by atoms with van der Waals surface area (Å²) in [6.45, 7) is 6.79. The van der Waals surface area contributed by atoms with E-state index in [0.29, 0.717) is 5.92 Å². The molecule has 0 atom stereocenters. The molecule has 2 aliphatic heterocycles. The number of benzene rings is 1. The van der Waals surface area contributed by atoms with Gasteiger partial charge in [-0.05, 0) is 24.5 Å². The number of hydrogen-bond donors (Lipinski definition) is 0. The van der Waals surface area contributed by atoms with E-state index in [-0.39, 0.29) is 5.91 Å². The standard InChI is InChI=1S/C19H24ClN5O/c1-14(26)24-8-6-15(7-9-24)19-22-21-18-13-23(10-11-25(18)19)12-16-4-2-3-5-17(16)20/h2-5,15H,6-13H2,1H3. The smallest absolute Gasteiger partial charge is 0.219 e. The van der Waals surface area contributed by atoms with E-state index >= 15 is 0 Å². The average Bonchev–Trinajstić information content (AvgIpc) is 3.07. The van der Waals surface area contributed by atoms with Crippen LogP contribution < -0.4 is 0 Å². The first-order valence-electron chi connectivity index (χ1n) is 9.25. The van der Waals surface area contributed by atoms with Crippen LogP contribution in [0.1, 0.15) is 42.9 Å². The molecule has 1 saturated heterocycles. The number of likely N-dealkylation sites (tertiary alicyclic amines) is 1. The third-order valence-electron chi connectivity index (χ3n) is 5.52. The first-order chi connectivity index (χ1) is 12.6. The fraction of sp³-hybridized carbons (Fsp3) is 0.526. The van der Waals surface area contributed by atoms with Crippen LogP contribution in [0.3, 0.4) is 0 Å². The van der Waals surface area contributed by atoms with Crippen molar-refractivity contribution in [3.05, 3.63) is 46.5 Å². The van der Waals surface area contributed by atoms with Crippen molar-refractivity contribution >= 4 is 17.5 Å². The molecule has 0 aliphatic carbocycles. The number of piperidine rings is 1. The number of fused-ring (bicyclic) bond motifs is 1. The normalized spacial score (nSPS) is 18.8. The Labute approximate surface area is 158 Å². The molecule has 1 aromatic carbocycles. The van der Waals surface area contributed by atoms with Gasteiger partial charge >= 0.3 is 0 Å². The third-order valence-corrected chi connectivity index (χ3v) is 5.89. The molecular weight excluding hydrogens is 350 g/mol. The molecule has 0 unspecified atom stereocenters. The first-order valence-corrected chi connectivity index (χ1v) is 9.63. The second kappa shape index (κ2) is 7.37. The van der Waals surface area contributed by atoms with Crippen molar-refractivity contribution in [1.29, 1.82) is 0 Å². The molecule has 0 radical (unpaired) electrons.